The summed E-state index contributed by atoms with van der Waals surface area (Å²) in [5, 5.41) is 6.60. The van der Waals surface area contributed by atoms with Crippen LogP contribution in [0.3, 0.4) is 0 Å². The first-order valence-electron chi connectivity index (χ1n) is 7.37. The number of carbonyl (C=O) groups is 1. The summed E-state index contributed by atoms with van der Waals surface area (Å²) in [5.74, 6) is 0.155. The summed E-state index contributed by atoms with van der Waals surface area (Å²) >= 11 is 0. The van der Waals surface area contributed by atoms with Gasteiger partial charge in [0.25, 0.3) is 0 Å². The molecule has 1 saturated heterocycles. The molecule has 4 heteroatoms. The van der Waals surface area contributed by atoms with E-state index < -0.39 is 0 Å². The quantitative estimate of drug-likeness (QED) is 0.722. The highest BCUT2D eigenvalue weighted by atomic mass is 16.2. The molecular formula is C14H29N3O. The Morgan fingerprint density at radius 2 is 2.11 bits per heavy atom. The molecule has 1 rings (SSSR count). The van der Waals surface area contributed by atoms with E-state index in [2.05, 4.69) is 29.4 Å². The molecule has 0 radical (unpaired) electrons. The maximum atomic E-state index is 11.9. The van der Waals surface area contributed by atoms with Gasteiger partial charge in [-0.15, -0.1) is 0 Å². The van der Waals surface area contributed by atoms with Crippen molar-refractivity contribution < 1.29 is 4.79 Å². The number of hydrogen-bond donors (Lipinski definition) is 2. The van der Waals surface area contributed by atoms with Gasteiger partial charge in [0.05, 0.1) is 6.54 Å². The van der Waals surface area contributed by atoms with Crippen molar-refractivity contribution >= 4 is 5.91 Å². The predicted octanol–water partition coefficient (Wildman–Crippen LogP) is 1.37. The van der Waals surface area contributed by atoms with Crippen molar-refractivity contribution in [3.05, 3.63) is 0 Å². The van der Waals surface area contributed by atoms with Gasteiger partial charge in [-0.2, -0.15) is 0 Å². The molecule has 1 amide bonds. The fraction of sp³-hybridized carbons (Fsp3) is 0.929. The summed E-state index contributed by atoms with van der Waals surface area (Å²) in [7, 11) is 2.03. The molecule has 2 N–H and O–H groups in total. The van der Waals surface area contributed by atoms with E-state index in [0.717, 1.165) is 25.9 Å². The van der Waals surface area contributed by atoms with Gasteiger partial charge in [0.15, 0.2) is 0 Å². The van der Waals surface area contributed by atoms with E-state index in [4.69, 9.17) is 0 Å². The zero-order valence-corrected chi connectivity index (χ0v) is 12.2. The molecule has 0 saturated carbocycles. The van der Waals surface area contributed by atoms with Crippen molar-refractivity contribution in [3.63, 3.8) is 0 Å². The number of nitrogens with zero attached hydrogens (tertiary/aromatic N) is 1. The molecule has 1 fully saturated rings. The Hall–Kier alpha value is -0.610. The lowest BCUT2D eigenvalue weighted by Gasteiger charge is -2.28. The van der Waals surface area contributed by atoms with Gasteiger partial charge < -0.3 is 10.6 Å². The smallest absolute Gasteiger partial charge is 0.234 e. The Morgan fingerprint density at radius 3 is 2.67 bits per heavy atom. The first-order valence-corrected chi connectivity index (χ1v) is 7.37. The molecule has 1 heterocycles. The molecule has 18 heavy (non-hydrogen) atoms. The molecule has 1 unspecified atom stereocenters. The predicted molar refractivity (Wildman–Crippen MR) is 75.7 cm³/mol. The van der Waals surface area contributed by atoms with E-state index >= 15 is 0 Å². The topological polar surface area (TPSA) is 44.4 Å². The first-order chi connectivity index (χ1) is 8.65. The van der Waals surface area contributed by atoms with Crippen LogP contribution in [0.15, 0.2) is 0 Å². The Morgan fingerprint density at radius 1 is 1.39 bits per heavy atom. The first kappa shape index (κ1) is 15.4. The van der Waals surface area contributed by atoms with E-state index in [-0.39, 0.29) is 5.91 Å². The highest BCUT2D eigenvalue weighted by Gasteiger charge is 2.16. The normalized spacial score (nSPS) is 20.4. The Labute approximate surface area is 111 Å². The molecule has 0 spiro atoms. The van der Waals surface area contributed by atoms with Crippen LogP contribution in [0.1, 0.15) is 46.0 Å². The third-order valence-corrected chi connectivity index (χ3v) is 3.71. The molecule has 0 aromatic carbocycles. The Balaban J connectivity index is 2.21. The van der Waals surface area contributed by atoms with E-state index in [1.54, 1.807) is 0 Å². The maximum absolute atomic E-state index is 11.9. The Bertz CT molecular complexity index is 235. The van der Waals surface area contributed by atoms with Gasteiger partial charge in [-0.3, -0.25) is 9.69 Å². The van der Waals surface area contributed by atoms with E-state index in [0.29, 0.717) is 18.6 Å². The molecule has 0 aliphatic carbocycles. The molecule has 0 aromatic rings. The van der Waals surface area contributed by atoms with Gasteiger partial charge in [0.2, 0.25) is 5.91 Å². The maximum Gasteiger partial charge on any atom is 0.234 e. The fourth-order valence-electron chi connectivity index (χ4n) is 2.53. The van der Waals surface area contributed by atoms with Crippen molar-refractivity contribution in [3.8, 4) is 0 Å². The van der Waals surface area contributed by atoms with Gasteiger partial charge in [0.1, 0.15) is 0 Å². The molecule has 106 valence electrons. The molecule has 1 aliphatic heterocycles. The van der Waals surface area contributed by atoms with Crippen molar-refractivity contribution in [2.45, 2.75) is 58.0 Å². The number of amides is 1. The molecule has 0 aromatic heterocycles. The van der Waals surface area contributed by atoms with Gasteiger partial charge in [0, 0.05) is 18.6 Å². The van der Waals surface area contributed by atoms with Crippen molar-refractivity contribution in [1.29, 1.82) is 0 Å². The summed E-state index contributed by atoms with van der Waals surface area (Å²) in [6, 6.07) is 0.892. The zero-order valence-electron chi connectivity index (χ0n) is 12.2. The number of carbonyl (C=O) groups excluding carboxylic acids is 1. The summed E-state index contributed by atoms with van der Waals surface area (Å²) in [5.41, 5.74) is 0. The minimum atomic E-state index is 0.155. The van der Waals surface area contributed by atoms with Crippen LogP contribution >= 0.6 is 0 Å². The standard InChI is InChI=1S/C14H29N3O/c1-4-12(5-2)16-14(18)11-17(3)10-13-8-6-7-9-15-13/h12-13,15H,4-11H2,1-3H3,(H,16,18). The second-order valence-electron chi connectivity index (χ2n) is 5.42. The SMILES string of the molecule is CCC(CC)NC(=O)CN(C)CC1CCCCN1. The third kappa shape index (κ3) is 5.83. The van der Waals surface area contributed by atoms with Crippen LogP contribution in [0.5, 0.6) is 0 Å². The summed E-state index contributed by atoms with van der Waals surface area (Å²) < 4.78 is 0. The van der Waals surface area contributed by atoms with Crippen LogP contribution in [0, 0.1) is 0 Å². The number of nitrogens with one attached hydrogen (secondary N) is 2. The zero-order chi connectivity index (χ0) is 13.4. The van der Waals surface area contributed by atoms with Gasteiger partial charge >= 0.3 is 0 Å². The second-order valence-corrected chi connectivity index (χ2v) is 5.42. The van der Waals surface area contributed by atoms with E-state index in [1.807, 2.05) is 7.05 Å². The van der Waals surface area contributed by atoms with Crippen LogP contribution in [0.25, 0.3) is 0 Å². The fourth-order valence-corrected chi connectivity index (χ4v) is 2.53. The minimum Gasteiger partial charge on any atom is -0.352 e. The summed E-state index contributed by atoms with van der Waals surface area (Å²) in [6.07, 6.45) is 5.85. The number of hydrogen-bond acceptors (Lipinski definition) is 3. The lowest BCUT2D eigenvalue weighted by atomic mass is 10.0. The third-order valence-electron chi connectivity index (χ3n) is 3.71. The lowest BCUT2D eigenvalue weighted by Crippen LogP contribution is -2.46. The number of likely N-dealkylation sites (N-methyl/N-ethyl adjacent to an activating group) is 1. The number of rotatable bonds is 7. The number of piperidine rings is 1. The average Bonchev–Trinajstić information content (AvgIpc) is 2.36. The highest BCUT2D eigenvalue weighted by molar-refractivity contribution is 5.78. The average molecular weight is 255 g/mol. The highest BCUT2D eigenvalue weighted by Crippen LogP contribution is 2.07. The minimum absolute atomic E-state index is 0.155. The van der Waals surface area contributed by atoms with E-state index in [1.165, 1.54) is 19.3 Å². The van der Waals surface area contributed by atoms with Crippen LogP contribution in [-0.2, 0) is 4.79 Å². The van der Waals surface area contributed by atoms with Crippen LogP contribution in [-0.4, -0.2) is 49.6 Å². The second kappa shape index (κ2) is 8.48. The van der Waals surface area contributed by atoms with Crippen LogP contribution < -0.4 is 10.6 Å². The molecule has 0 bridgehead atoms. The monoisotopic (exact) mass is 255 g/mol. The van der Waals surface area contributed by atoms with Gasteiger partial charge in [-0.25, -0.2) is 0 Å². The Kier molecular flexibility index (Phi) is 7.28. The summed E-state index contributed by atoms with van der Waals surface area (Å²) in [4.78, 5) is 14.0. The van der Waals surface area contributed by atoms with Gasteiger partial charge in [-0.05, 0) is 39.3 Å². The van der Waals surface area contributed by atoms with Crippen molar-refractivity contribution in [1.82, 2.24) is 15.5 Å². The van der Waals surface area contributed by atoms with Crippen molar-refractivity contribution in [2.24, 2.45) is 0 Å². The largest absolute Gasteiger partial charge is 0.352 e. The molecular weight excluding hydrogens is 226 g/mol. The van der Waals surface area contributed by atoms with E-state index in [9.17, 15) is 4.79 Å². The van der Waals surface area contributed by atoms with Crippen LogP contribution in [0.4, 0.5) is 0 Å². The van der Waals surface area contributed by atoms with Gasteiger partial charge in [-0.1, -0.05) is 20.3 Å². The lowest BCUT2D eigenvalue weighted by molar-refractivity contribution is -0.122. The summed E-state index contributed by atoms with van der Waals surface area (Å²) in [6.45, 7) is 6.83. The molecule has 1 aliphatic rings. The van der Waals surface area contributed by atoms with Crippen LogP contribution in [0.2, 0.25) is 0 Å². The molecule has 1 atom stereocenters. The van der Waals surface area contributed by atoms with Crippen molar-refractivity contribution in [2.75, 3.05) is 26.7 Å². The molecule has 4 nitrogen and oxygen atoms in total.